The van der Waals surface area contributed by atoms with Crippen LogP contribution in [-0.2, 0) is 10.0 Å². The van der Waals surface area contributed by atoms with Crippen LogP contribution in [0, 0.1) is 0 Å². The minimum absolute atomic E-state index is 0.0461. The highest BCUT2D eigenvalue weighted by Gasteiger charge is 2.18. The van der Waals surface area contributed by atoms with Gasteiger partial charge in [-0.05, 0) is 40.8 Å². The molecule has 3 rings (SSSR count). The molecule has 0 aliphatic carbocycles. The lowest BCUT2D eigenvalue weighted by atomic mass is 10.1. The van der Waals surface area contributed by atoms with Crippen molar-refractivity contribution in [2.24, 2.45) is 5.14 Å². The lowest BCUT2D eigenvalue weighted by Crippen LogP contribution is -2.13. The van der Waals surface area contributed by atoms with Crippen LogP contribution in [0.5, 0.6) is 0 Å². The minimum Gasteiger partial charge on any atom is -0.225 e. The zero-order valence-electron chi connectivity index (χ0n) is 9.79. The molecule has 3 aromatic rings. The molecule has 2 heterocycles. The van der Waals surface area contributed by atoms with Crippen molar-refractivity contribution in [2.75, 3.05) is 0 Å². The number of nitrogens with two attached hydrogens (primary N) is 1. The van der Waals surface area contributed by atoms with Gasteiger partial charge >= 0.3 is 0 Å². The zero-order valence-corrected chi connectivity index (χ0v) is 12.2. The van der Waals surface area contributed by atoms with E-state index in [4.69, 9.17) is 5.14 Å². The Balaban J connectivity index is 2.24. The fourth-order valence-electron chi connectivity index (χ4n) is 1.70. The fraction of sp³-hybridized carbons (Fsp3) is 0. The predicted octanol–water partition coefficient (Wildman–Crippen LogP) is 1.37. The van der Waals surface area contributed by atoms with Crippen molar-refractivity contribution in [3.05, 3.63) is 30.6 Å². The summed E-state index contributed by atoms with van der Waals surface area (Å²) in [6.45, 7) is 0. The molecule has 2 N–H and O–H groups in total. The second-order valence-corrected chi connectivity index (χ2v) is 6.92. The quantitative estimate of drug-likeness (QED) is 0.778. The summed E-state index contributed by atoms with van der Waals surface area (Å²) >= 11 is 2.33. The van der Waals surface area contributed by atoms with Gasteiger partial charge in [-0.1, -0.05) is 15.0 Å². The van der Waals surface area contributed by atoms with Crippen LogP contribution in [0.1, 0.15) is 0 Å². The van der Waals surface area contributed by atoms with Crippen molar-refractivity contribution in [3.63, 3.8) is 0 Å². The highest BCUT2D eigenvalue weighted by Crippen LogP contribution is 2.33. The summed E-state index contributed by atoms with van der Waals surface area (Å²) in [7, 11) is -3.82. The second-order valence-electron chi connectivity index (χ2n) is 3.82. The Bertz CT molecular complexity index is 828. The molecule has 0 saturated carbocycles. The van der Waals surface area contributed by atoms with E-state index in [0.29, 0.717) is 10.4 Å². The van der Waals surface area contributed by atoms with Gasteiger partial charge in [0.2, 0.25) is 10.0 Å². The van der Waals surface area contributed by atoms with Gasteiger partial charge in [-0.25, -0.2) is 13.6 Å². The Hall–Kier alpha value is -1.75. The van der Waals surface area contributed by atoms with E-state index in [9.17, 15) is 8.42 Å². The van der Waals surface area contributed by atoms with Crippen LogP contribution in [0.15, 0.2) is 35.5 Å². The molecule has 0 aliphatic heterocycles. The molecule has 0 bridgehead atoms. The fourth-order valence-corrected chi connectivity index (χ4v) is 3.55. The molecule has 0 radical (unpaired) electrons. The number of rotatable bonds is 3. The third-order valence-corrected chi connectivity index (χ3v) is 4.94. The third kappa shape index (κ3) is 2.45. The summed E-state index contributed by atoms with van der Waals surface area (Å²) in [6.07, 6.45) is 3.12. The molecule has 7 nitrogen and oxygen atoms in total. The first-order chi connectivity index (χ1) is 9.55. The lowest BCUT2D eigenvalue weighted by Gasteiger charge is -2.07. The third-order valence-electron chi connectivity index (χ3n) is 2.56. The molecule has 2 aromatic heterocycles. The van der Waals surface area contributed by atoms with Gasteiger partial charge in [0.15, 0.2) is 0 Å². The molecule has 20 heavy (non-hydrogen) atoms. The maximum atomic E-state index is 11.7. The highest BCUT2D eigenvalue weighted by molar-refractivity contribution is 7.89. The molecule has 10 heteroatoms. The maximum Gasteiger partial charge on any atom is 0.238 e. The Kier molecular flexibility index (Phi) is 3.30. The van der Waals surface area contributed by atoms with Gasteiger partial charge in [0.1, 0.15) is 0 Å². The number of nitrogens with zero attached hydrogens (tertiary/aromatic N) is 4. The van der Waals surface area contributed by atoms with Gasteiger partial charge in [-0.3, -0.25) is 0 Å². The van der Waals surface area contributed by atoms with E-state index in [-0.39, 0.29) is 4.90 Å². The number of benzene rings is 1. The van der Waals surface area contributed by atoms with Crippen LogP contribution >= 0.6 is 23.1 Å². The maximum absolute atomic E-state index is 11.7. The number of hydrogen-bond donors (Lipinski definition) is 1. The summed E-state index contributed by atoms with van der Waals surface area (Å²) in [5.41, 5.74) is 1.30. The van der Waals surface area contributed by atoms with Crippen LogP contribution in [0.25, 0.3) is 20.9 Å². The van der Waals surface area contributed by atoms with E-state index in [2.05, 4.69) is 19.2 Å². The molecule has 1 aromatic carbocycles. The van der Waals surface area contributed by atoms with E-state index in [1.807, 2.05) is 0 Å². The first-order valence-corrected chi connectivity index (χ1v) is 8.37. The molecular weight excluding hydrogens is 318 g/mol. The van der Waals surface area contributed by atoms with E-state index >= 15 is 0 Å². The smallest absolute Gasteiger partial charge is 0.225 e. The molecule has 0 unspecified atom stereocenters. The average Bonchev–Trinajstić information content (AvgIpc) is 3.10. The van der Waals surface area contributed by atoms with Crippen molar-refractivity contribution >= 4 is 33.1 Å². The Labute approximate surface area is 122 Å². The van der Waals surface area contributed by atoms with Crippen LogP contribution < -0.4 is 5.14 Å². The Morgan fingerprint density at radius 2 is 1.65 bits per heavy atom. The summed E-state index contributed by atoms with van der Waals surface area (Å²) in [6, 6.07) is 4.87. The molecular formula is C10H7N5O2S3. The van der Waals surface area contributed by atoms with Gasteiger partial charge in [0.05, 0.1) is 27.0 Å². The predicted molar refractivity (Wildman–Crippen MR) is 75.6 cm³/mol. The second kappa shape index (κ2) is 4.98. The largest absolute Gasteiger partial charge is 0.238 e. The summed E-state index contributed by atoms with van der Waals surface area (Å²) in [5, 5.41) is 12.7. The first-order valence-electron chi connectivity index (χ1n) is 5.28. The summed E-state index contributed by atoms with van der Waals surface area (Å²) < 4.78 is 30.9. The number of sulfonamides is 1. The summed E-state index contributed by atoms with van der Waals surface area (Å²) in [5.74, 6) is 0. The van der Waals surface area contributed by atoms with E-state index < -0.39 is 10.0 Å². The lowest BCUT2D eigenvalue weighted by molar-refractivity contribution is 0.598. The number of aromatic nitrogens is 4. The van der Waals surface area contributed by atoms with Crippen molar-refractivity contribution in [1.82, 2.24) is 19.2 Å². The van der Waals surface area contributed by atoms with Crippen molar-refractivity contribution in [3.8, 4) is 20.9 Å². The van der Waals surface area contributed by atoms with Gasteiger partial charge in [0.25, 0.3) is 0 Å². The molecule has 102 valence electrons. The monoisotopic (exact) mass is 325 g/mol. The summed E-state index contributed by atoms with van der Waals surface area (Å²) in [4.78, 5) is 1.52. The Morgan fingerprint density at radius 1 is 1.00 bits per heavy atom. The molecule has 0 atom stereocenters. The molecule has 0 saturated heterocycles. The van der Waals surface area contributed by atoms with Crippen molar-refractivity contribution in [1.29, 1.82) is 0 Å². The zero-order chi connectivity index (χ0) is 14.2. The molecule has 0 fully saturated rings. The van der Waals surface area contributed by atoms with E-state index in [1.165, 1.54) is 23.8 Å². The van der Waals surface area contributed by atoms with Crippen molar-refractivity contribution in [2.45, 2.75) is 4.90 Å². The van der Waals surface area contributed by atoms with Crippen LogP contribution in [0.4, 0.5) is 0 Å². The van der Waals surface area contributed by atoms with Crippen LogP contribution in [0.2, 0.25) is 0 Å². The number of primary sulfonamides is 1. The van der Waals surface area contributed by atoms with Gasteiger partial charge < -0.3 is 0 Å². The van der Waals surface area contributed by atoms with Gasteiger partial charge in [-0.2, -0.15) is 0 Å². The topological polar surface area (TPSA) is 112 Å². The first kappa shape index (κ1) is 13.2. The average molecular weight is 325 g/mol. The normalized spacial score (nSPS) is 11.7. The van der Waals surface area contributed by atoms with E-state index in [1.54, 1.807) is 18.3 Å². The van der Waals surface area contributed by atoms with E-state index in [0.717, 1.165) is 22.0 Å². The molecule has 0 aliphatic rings. The van der Waals surface area contributed by atoms with Crippen LogP contribution in [0.3, 0.4) is 0 Å². The SMILES string of the molecule is NS(=O)(=O)c1ccc(-c2cnns2)cc1-c1cnns1. The Morgan fingerprint density at radius 3 is 2.20 bits per heavy atom. The molecule has 0 spiro atoms. The van der Waals surface area contributed by atoms with Gasteiger partial charge in [0, 0.05) is 5.56 Å². The van der Waals surface area contributed by atoms with Crippen molar-refractivity contribution < 1.29 is 8.42 Å². The van der Waals surface area contributed by atoms with Crippen LogP contribution in [-0.4, -0.2) is 27.6 Å². The minimum atomic E-state index is -3.82. The standard InChI is InChI=1S/C10H7N5O2S3/c11-20(16,17)10-2-1-6(8-4-12-14-18-8)3-7(10)9-5-13-15-19-9/h1-5H,(H2,11,16,17). The number of hydrogen-bond acceptors (Lipinski definition) is 8. The molecule has 0 amide bonds. The highest BCUT2D eigenvalue weighted by atomic mass is 32.2. The van der Waals surface area contributed by atoms with Gasteiger partial charge in [-0.15, -0.1) is 10.2 Å².